The van der Waals surface area contributed by atoms with Crippen LogP contribution in [0.1, 0.15) is 168 Å². The van der Waals surface area contributed by atoms with Gasteiger partial charge in [0.15, 0.2) is 0 Å². The van der Waals surface area contributed by atoms with Crippen LogP contribution in [0.4, 0.5) is 4.53 Å². The molecule has 1 fully saturated rings. The summed E-state index contributed by atoms with van der Waals surface area (Å²) < 4.78 is 23.8. The van der Waals surface area contributed by atoms with Gasteiger partial charge in [-0.15, -0.1) is 0 Å². The first-order valence-corrected chi connectivity index (χ1v) is 22.9. The van der Waals surface area contributed by atoms with Gasteiger partial charge in [-0.1, -0.05) is 120 Å². The first-order valence-electron chi connectivity index (χ1n) is 22.9. The molecule has 0 aromatic carbocycles. The van der Waals surface area contributed by atoms with E-state index in [9.17, 15) is 24.0 Å². The third-order valence-corrected chi connectivity index (χ3v) is 10.3. The van der Waals surface area contributed by atoms with Crippen molar-refractivity contribution < 1.29 is 38.4 Å². The lowest BCUT2D eigenvalue weighted by atomic mass is 10.1. The fourth-order valence-electron chi connectivity index (χ4n) is 6.69. The molecule has 58 heavy (non-hydrogen) atoms. The molecule has 1 unspecified atom stereocenters. The first-order chi connectivity index (χ1) is 28.3. The molecule has 0 spiro atoms. The summed E-state index contributed by atoms with van der Waals surface area (Å²) in [5, 5.41) is 9.97. The van der Waals surface area contributed by atoms with Crippen LogP contribution in [0.2, 0.25) is 0 Å². The SMILES string of the molecule is CCCCC/C=C\C/C=C\CC/C=C/CCCC(=O)OCC(C)N(CCOC(=O)CCCCCCC/C=C\C/C=C\CCCCC)C(=O)CCN1C[C@H](O)[C@H](OF)C1. The smallest absolute Gasteiger partial charge is 0.305 e. The summed E-state index contributed by atoms with van der Waals surface area (Å²) in [5.41, 5.74) is 0. The van der Waals surface area contributed by atoms with Gasteiger partial charge in [0, 0.05) is 38.9 Å². The van der Waals surface area contributed by atoms with Crippen LogP contribution in [0.5, 0.6) is 0 Å². The molecule has 1 heterocycles. The number of amides is 1. The monoisotopic (exact) mass is 817 g/mol. The van der Waals surface area contributed by atoms with Gasteiger partial charge in [0.05, 0.1) is 18.7 Å². The zero-order chi connectivity index (χ0) is 42.3. The van der Waals surface area contributed by atoms with Gasteiger partial charge in [0.25, 0.3) is 0 Å². The molecule has 1 amide bonds. The van der Waals surface area contributed by atoms with Crippen LogP contribution in [-0.4, -0.2) is 90.4 Å². The van der Waals surface area contributed by atoms with Gasteiger partial charge in [0.2, 0.25) is 5.91 Å². The third kappa shape index (κ3) is 30.0. The highest BCUT2D eigenvalue weighted by Gasteiger charge is 2.33. The van der Waals surface area contributed by atoms with Gasteiger partial charge in [-0.3, -0.25) is 19.3 Å². The number of nitrogens with zero attached hydrogens (tertiary/aromatic N) is 2. The number of likely N-dealkylation sites (tertiary alicyclic amines) is 1. The number of esters is 2. The largest absolute Gasteiger partial charge is 0.464 e. The van der Waals surface area contributed by atoms with E-state index in [2.05, 4.69) is 79.5 Å². The molecule has 1 aliphatic heterocycles. The Morgan fingerprint density at radius 2 is 1.16 bits per heavy atom. The number of β-amino-alcohol motifs (C(OH)–C–C–N with tert-alkyl or cyclic N) is 1. The molecular weight excluding hydrogens is 736 g/mol. The highest BCUT2D eigenvalue weighted by Crippen LogP contribution is 2.16. The highest BCUT2D eigenvalue weighted by atomic mass is 19.3. The molecule has 0 bridgehead atoms. The molecule has 1 rings (SSSR count). The van der Waals surface area contributed by atoms with E-state index in [4.69, 9.17) is 9.47 Å². The number of rotatable bonds is 37. The van der Waals surface area contributed by atoms with Crippen molar-refractivity contribution in [2.45, 2.75) is 187 Å². The average molecular weight is 817 g/mol. The molecule has 332 valence electrons. The number of allylic oxidation sites excluding steroid dienone is 10. The van der Waals surface area contributed by atoms with E-state index in [-0.39, 0.29) is 63.5 Å². The Morgan fingerprint density at radius 1 is 0.655 bits per heavy atom. The van der Waals surface area contributed by atoms with E-state index in [0.717, 1.165) is 70.6 Å². The topological polar surface area (TPSA) is 106 Å². The van der Waals surface area contributed by atoms with Crippen molar-refractivity contribution in [1.29, 1.82) is 0 Å². The number of carbonyl (C=O) groups excluding carboxylic acids is 3. The Bertz CT molecular complexity index is 1190. The Hall–Kier alpha value is -3.08. The van der Waals surface area contributed by atoms with Crippen LogP contribution in [0, 0.1) is 0 Å². The van der Waals surface area contributed by atoms with E-state index in [1.807, 2.05) is 6.92 Å². The molecular formula is C48H81FN2O7. The van der Waals surface area contributed by atoms with Gasteiger partial charge >= 0.3 is 11.9 Å². The minimum absolute atomic E-state index is 0.0286. The summed E-state index contributed by atoms with van der Waals surface area (Å²) in [6.07, 6.45) is 42.7. The maximum absolute atomic E-state index is 13.4. The predicted molar refractivity (Wildman–Crippen MR) is 235 cm³/mol. The van der Waals surface area contributed by atoms with Crippen molar-refractivity contribution in [2.75, 3.05) is 39.4 Å². The number of unbranched alkanes of at least 4 members (excludes halogenated alkanes) is 13. The fraction of sp³-hybridized carbons (Fsp3) is 0.729. The zero-order valence-corrected chi connectivity index (χ0v) is 36.7. The van der Waals surface area contributed by atoms with Crippen molar-refractivity contribution in [2.24, 2.45) is 0 Å². The number of halogens is 1. The van der Waals surface area contributed by atoms with Gasteiger partial charge in [0.1, 0.15) is 19.3 Å². The van der Waals surface area contributed by atoms with Crippen LogP contribution in [0.3, 0.4) is 0 Å². The van der Waals surface area contributed by atoms with Gasteiger partial charge in [-0.25, -0.2) is 0 Å². The molecule has 1 N–H and O–H groups in total. The van der Waals surface area contributed by atoms with Gasteiger partial charge < -0.3 is 19.5 Å². The van der Waals surface area contributed by atoms with Crippen molar-refractivity contribution >= 4 is 17.8 Å². The molecule has 0 aliphatic carbocycles. The molecule has 0 saturated carbocycles. The number of aliphatic hydroxyl groups is 1. The van der Waals surface area contributed by atoms with Gasteiger partial charge in [-0.05, 0) is 94.9 Å². The Balaban J connectivity index is 2.37. The summed E-state index contributed by atoms with van der Waals surface area (Å²) in [6.45, 7) is 7.20. The van der Waals surface area contributed by atoms with E-state index in [1.165, 1.54) is 51.4 Å². The summed E-state index contributed by atoms with van der Waals surface area (Å²) >= 11 is 0. The fourth-order valence-corrected chi connectivity index (χ4v) is 6.69. The van der Waals surface area contributed by atoms with Crippen molar-refractivity contribution in [1.82, 2.24) is 9.80 Å². The summed E-state index contributed by atoms with van der Waals surface area (Å²) in [7, 11) is 0. The maximum atomic E-state index is 13.4. The Kier molecular flexibility index (Phi) is 34.8. The van der Waals surface area contributed by atoms with E-state index < -0.39 is 18.2 Å². The lowest BCUT2D eigenvalue weighted by molar-refractivity contribution is -0.195. The lowest BCUT2D eigenvalue weighted by Crippen LogP contribution is -2.44. The summed E-state index contributed by atoms with van der Waals surface area (Å²) in [5.74, 6) is -0.802. The number of ether oxygens (including phenoxy) is 2. The number of hydrogen-bond acceptors (Lipinski definition) is 8. The van der Waals surface area contributed by atoms with Crippen molar-refractivity contribution in [3.8, 4) is 0 Å². The second-order valence-corrected chi connectivity index (χ2v) is 15.6. The molecule has 0 radical (unpaired) electrons. The van der Waals surface area contributed by atoms with E-state index in [0.29, 0.717) is 19.4 Å². The number of carbonyl (C=O) groups is 3. The molecule has 3 atom stereocenters. The number of aliphatic hydroxyl groups excluding tert-OH is 1. The van der Waals surface area contributed by atoms with E-state index in [1.54, 1.807) is 9.80 Å². The average Bonchev–Trinajstić information content (AvgIpc) is 3.59. The van der Waals surface area contributed by atoms with Crippen LogP contribution in [0.25, 0.3) is 0 Å². The molecule has 0 aromatic rings. The highest BCUT2D eigenvalue weighted by molar-refractivity contribution is 5.77. The van der Waals surface area contributed by atoms with Crippen LogP contribution in [0.15, 0.2) is 60.8 Å². The lowest BCUT2D eigenvalue weighted by Gasteiger charge is -2.29. The number of hydrogen-bond donors (Lipinski definition) is 1. The summed E-state index contributed by atoms with van der Waals surface area (Å²) in [6, 6.07) is -0.437. The van der Waals surface area contributed by atoms with Crippen LogP contribution < -0.4 is 0 Å². The minimum Gasteiger partial charge on any atom is -0.464 e. The van der Waals surface area contributed by atoms with Crippen molar-refractivity contribution in [3.63, 3.8) is 0 Å². The molecule has 1 saturated heterocycles. The standard InChI is InChI=1S/C48H81FN2O7/c1-4-6-8-10-12-14-16-18-20-22-24-26-28-30-32-34-47(54)56-39-38-51(46(53)36-37-50-40-44(52)45(41-50)58-49)43(3)42-57-48(55)35-33-31-29-27-25-23-21-19-17-15-13-11-9-7-5-2/h12-15,18-21,27,29,43-45,52H,4-11,16-17,22-26,28,30-42H2,1-3H3/b14-12-,15-13-,20-18-,21-19-,29-27+/t43?,44-,45+/m0/s1. The van der Waals surface area contributed by atoms with Crippen LogP contribution in [-0.2, 0) is 28.8 Å². The minimum atomic E-state index is -0.955. The molecule has 9 nitrogen and oxygen atoms in total. The molecule has 1 aliphatic rings. The van der Waals surface area contributed by atoms with E-state index >= 15 is 0 Å². The summed E-state index contributed by atoms with van der Waals surface area (Å²) in [4.78, 5) is 45.6. The molecule has 0 aromatic heterocycles. The second-order valence-electron chi connectivity index (χ2n) is 15.6. The first kappa shape index (κ1) is 52.9. The predicted octanol–water partition coefficient (Wildman–Crippen LogP) is 11.0. The van der Waals surface area contributed by atoms with Crippen molar-refractivity contribution in [3.05, 3.63) is 60.8 Å². The second kappa shape index (κ2) is 38.1. The van der Waals surface area contributed by atoms with Crippen LogP contribution >= 0.6 is 0 Å². The quantitative estimate of drug-likeness (QED) is 0.0375. The zero-order valence-electron chi connectivity index (χ0n) is 36.7. The maximum Gasteiger partial charge on any atom is 0.305 e. The Morgan fingerprint density at radius 3 is 1.76 bits per heavy atom. The molecule has 10 heteroatoms. The third-order valence-electron chi connectivity index (χ3n) is 10.3. The van der Waals surface area contributed by atoms with Gasteiger partial charge in [-0.2, -0.15) is 4.94 Å². The normalized spacial score (nSPS) is 16.8. The Labute approximate surface area is 352 Å².